The summed E-state index contributed by atoms with van der Waals surface area (Å²) in [6.07, 6.45) is 1.34. The molecule has 6 heteroatoms. The maximum atomic E-state index is 12.8. The van der Waals surface area contributed by atoms with E-state index in [9.17, 15) is 14.4 Å². The Hall–Kier alpha value is -1.59. The van der Waals surface area contributed by atoms with Gasteiger partial charge >= 0.3 is 0 Å². The van der Waals surface area contributed by atoms with Crippen molar-refractivity contribution in [2.24, 2.45) is 23.5 Å². The van der Waals surface area contributed by atoms with Crippen LogP contribution in [0.1, 0.15) is 33.6 Å². The topological polar surface area (TPSA) is 83.7 Å². The fourth-order valence-corrected chi connectivity index (χ4v) is 3.45. The summed E-state index contributed by atoms with van der Waals surface area (Å²) in [5.74, 6) is -0.486. The minimum absolute atomic E-state index is 0.0455. The van der Waals surface area contributed by atoms with Gasteiger partial charge in [0.15, 0.2) is 0 Å². The number of carbonyl (C=O) groups excluding carboxylic acids is 3. The molecular weight excluding hydrogens is 270 g/mol. The summed E-state index contributed by atoms with van der Waals surface area (Å²) in [6, 6.07) is -0.418. The van der Waals surface area contributed by atoms with Crippen LogP contribution < -0.4 is 5.73 Å². The van der Waals surface area contributed by atoms with Gasteiger partial charge in [-0.05, 0) is 18.3 Å². The maximum absolute atomic E-state index is 12.8. The predicted octanol–water partition coefficient (Wildman–Crippen LogP) is 0.213. The summed E-state index contributed by atoms with van der Waals surface area (Å²) < 4.78 is 0. The van der Waals surface area contributed by atoms with Crippen molar-refractivity contribution in [3.05, 3.63) is 0 Å². The molecule has 3 amide bonds. The molecule has 2 N–H and O–H groups in total. The van der Waals surface area contributed by atoms with Crippen molar-refractivity contribution in [3.8, 4) is 0 Å². The molecule has 118 valence electrons. The summed E-state index contributed by atoms with van der Waals surface area (Å²) in [4.78, 5) is 39.6. The molecular formula is C15H25N3O3. The van der Waals surface area contributed by atoms with E-state index in [1.165, 1.54) is 0 Å². The Bertz CT molecular complexity index is 449. The molecule has 0 aliphatic carbocycles. The molecule has 21 heavy (non-hydrogen) atoms. The third-order valence-electron chi connectivity index (χ3n) is 4.62. The molecule has 0 saturated carbocycles. The minimum atomic E-state index is -0.418. The first-order valence-electron chi connectivity index (χ1n) is 7.70. The lowest BCUT2D eigenvalue weighted by molar-refractivity contribution is -0.144. The number of carbonyl (C=O) groups is 3. The Morgan fingerprint density at radius 3 is 2.38 bits per heavy atom. The minimum Gasteiger partial charge on any atom is -0.369 e. The molecule has 0 spiro atoms. The first-order chi connectivity index (χ1) is 9.82. The van der Waals surface area contributed by atoms with Gasteiger partial charge in [0.25, 0.3) is 0 Å². The van der Waals surface area contributed by atoms with E-state index in [4.69, 9.17) is 5.73 Å². The van der Waals surface area contributed by atoms with Crippen molar-refractivity contribution in [3.63, 3.8) is 0 Å². The van der Waals surface area contributed by atoms with E-state index < -0.39 is 6.04 Å². The summed E-state index contributed by atoms with van der Waals surface area (Å²) in [5.41, 5.74) is 5.39. The molecule has 3 atom stereocenters. The monoisotopic (exact) mass is 295 g/mol. The highest BCUT2D eigenvalue weighted by Crippen LogP contribution is 2.27. The molecule has 0 aromatic heterocycles. The molecule has 2 rings (SSSR count). The van der Waals surface area contributed by atoms with E-state index in [0.717, 1.165) is 6.42 Å². The summed E-state index contributed by atoms with van der Waals surface area (Å²) >= 11 is 0. The number of primary amides is 1. The molecule has 2 fully saturated rings. The van der Waals surface area contributed by atoms with Crippen molar-refractivity contribution in [2.45, 2.75) is 39.7 Å². The van der Waals surface area contributed by atoms with Crippen LogP contribution in [-0.2, 0) is 14.4 Å². The van der Waals surface area contributed by atoms with Crippen LogP contribution >= 0.6 is 0 Å². The third-order valence-corrected chi connectivity index (χ3v) is 4.62. The zero-order valence-electron chi connectivity index (χ0n) is 13.0. The van der Waals surface area contributed by atoms with Crippen LogP contribution in [0.2, 0.25) is 0 Å². The number of hydrogen-bond acceptors (Lipinski definition) is 3. The molecule has 0 bridgehead atoms. The van der Waals surface area contributed by atoms with Crippen LogP contribution in [0.25, 0.3) is 0 Å². The SMILES string of the molecule is CC(C)C(C(=O)N1C[C@@H](C)[C@H](C(N)=O)C1)N1CCCC1=O. The van der Waals surface area contributed by atoms with Gasteiger partial charge in [0.1, 0.15) is 6.04 Å². The fourth-order valence-electron chi connectivity index (χ4n) is 3.45. The molecule has 2 aliphatic rings. The molecule has 0 aromatic carbocycles. The van der Waals surface area contributed by atoms with Gasteiger partial charge in [-0.2, -0.15) is 0 Å². The lowest BCUT2D eigenvalue weighted by Gasteiger charge is -2.33. The number of hydrogen-bond donors (Lipinski definition) is 1. The number of amides is 3. The molecule has 0 aromatic rings. The van der Waals surface area contributed by atoms with Crippen LogP contribution in [0, 0.1) is 17.8 Å². The van der Waals surface area contributed by atoms with Gasteiger partial charge in [-0.15, -0.1) is 0 Å². The van der Waals surface area contributed by atoms with E-state index in [2.05, 4.69) is 0 Å². The van der Waals surface area contributed by atoms with Crippen LogP contribution in [0.5, 0.6) is 0 Å². The smallest absolute Gasteiger partial charge is 0.245 e. The predicted molar refractivity (Wildman–Crippen MR) is 78.0 cm³/mol. The van der Waals surface area contributed by atoms with Crippen molar-refractivity contribution in [1.29, 1.82) is 0 Å². The maximum Gasteiger partial charge on any atom is 0.245 e. The van der Waals surface area contributed by atoms with Gasteiger partial charge in [-0.1, -0.05) is 20.8 Å². The largest absolute Gasteiger partial charge is 0.369 e. The van der Waals surface area contributed by atoms with Gasteiger partial charge < -0.3 is 15.5 Å². The number of nitrogens with zero attached hydrogens (tertiary/aromatic N) is 2. The second kappa shape index (κ2) is 6.03. The Morgan fingerprint density at radius 2 is 1.95 bits per heavy atom. The Balaban J connectivity index is 2.13. The van der Waals surface area contributed by atoms with Gasteiger partial charge in [-0.3, -0.25) is 14.4 Å². The molecule has 6 nitrogen and oxygen atoms in total. The highest BCUT2D eigenvalue weighted by atomic mass is 16.2. The van der Waals surface area contributed by atoms with E-state index in [0.29, 0.717) is 26.1 Å². The Kier molecular flexibility index (Phi) is 4.54. The molecule has 2 saturated heterocycles. The summed E-state index contributed by atoms with van der Waals surface area (Å²) in [5, 5.41) is 0. The zero-order chi connectivity index (χ0) is 15.7. The van der Waals surface area contributed by atoms with Crippen LogP contribution in [-0.4, -0.2) is 53.2 Å². The highest BCUT2D eigenvalue weighted by Gasteiger charge is 2.42. The summed E-state index contributed by atoms with van der Waals surface area (Å²) in [6.45, 7) is 7.42. The van der Waals surface area contributed by atoms with Crippen molar-refractivity contribution in [1.82, 2.24) is 9.80 Å². The Morgan fingerprint density at radius 1 is 1.29 bits per heavy atom. The van der Waals surface area contributed by atoms with Crippen LogP contribution in [0.4, 0.5) is 0 Å². The molecule has 2 aliphatic heterocycles. The van der Waals surface area contributed by atoms with Gasteiger partial charge in [0.05, 0.1) is 5.92 Å². The van der Waals surface area contributed by atoms with Crippen molar-refractivity contribution in [2.75, 3.05) is 19.6 Å². The first kappa shape index (κ1) is 15.8. The lowest BCUT2D eigenvalue weighted by atomic mass is 9.98. The fraction of sp³-hybridized carbons (Fsp3) is 0.800. The zero-order valence-corrected chi connectivity index (χ0v) is 13.0. The first-order valence-corrected chi connectivity index (χ1v) is 7.70. The number of rotatable bonds is 4. The number of nitrogens with two attached hydrogens (primary N) is 1. The van der Waals surface area contributed by atoms with E-state index in [1.807, 2.05) is 20.8 Å². The normalized spacial score (nSPS) is 27.5. The van der Waals surface area contributed by atoms with Crippen molar-refractivity contribution < 1.29 is 14.4 Å². The molecule has 2 heterocycles. The average molecular weight is 295 g/mol. The quantitative estimate of drug-likeness (QED) is 0.805. The Labute approximate surface area is 125 Å². The second-order valence-corrected chi connectivity index (χ2v) is 6.61. The van der Waals surface area contributed by atoms with Crippen LogP contribution in [0.15, 0.2) is 0 Å². The molecule has 0 radical (unpaired) electrons. The van der Waals surface area contributed by atoms with Crippen molar-refractivity contribution >= 4 is 17.7 Å². The van der Waals surface area contributed by atoms with Gasteiger partial charge in [0.2, 0.25) is 17.7 Å². The van der Waals surface area contributed by atoms with Gasteiger partial charge in [0, 0.05) is 26.1 Å². The highest BCUT2D eigenvalue weighted by molar-refractivity contribution is 5.89. The van der Waals surface area contributed by atoms with E-state index >= 15 is 0 Å². The second-order valence-electron chi connectivity index (χ2n) is 6.61. The molecule has 1 unspecified atom stereocenters. The van der Waals surface area contributed by atoms with E-state index in [1.54, 1.807) is 9.80 Å². The average Bonchev–Trinajstić information content (AvgIpc) is 2.96. The number of likely N-dealkylation sites (tertiary alicyclic amines) is 2. The lowest BCUT2D eigenvalue weighted by Crippen LogP contribution is -2.51. The van der Waals surface area contributed by atoms with E-state index in [-0.39, 0.29) is 35.5 Å². The standard InChI is InChI=1S/C15H25N3O3/c1-9(2)13(18-6-4-5-12(18)19)15(21)17-7-10(3)11(8-17)14(16)20/h9-11,13H,4-8H2,1-3H3,(H2,16,20)/t10-,11-,13?/m1/s1. The third kappa shape index (κ3) is 3.04. The summed E-state index contributed by atoms with van der Waals surface area (Å²) in [7, 11) is 0. The van der Waals surface area contributed by atoms with Gasteiger partial charge in [-0.25, -0.2) is 0 Å². The van der Waals surface area contributed by atoms with Crippen LogP contribution in [0.3, 0.4) is 0 Å².